The first kappa shape index (κ1) is 15.5. The van der Waals surface area contributed by atoms with E-state index in [0.29, 0.717) is 9.33 Å². The molecule has 1 heterocycles. The van der Waals surface area contributed by atoms with Gasteiger partial charge in [-0.1, -0.05) is 58.0 Å². The van der Waals surface area contributed by atoms with Crippen LogP contribution in [0.2, 0.25) is 5.02 Å². The predicted molar refractivity (Wildman–Crippen MR) is 76.7 cm³/mol. The summed E-state index contributed by atoms with van der Waals surface area (Å²) in [6.07, 6.45) is 0. The van der Waals surface area contributed by atoms with Crippen LogP contribution in [0.1, 0.15) is 0 Å². The summed E-state index contributed by atoms with van der Waals surface area (Å²) >= 11 is 28.3. The smallest absolute Gasteiger partial charge is 0.270 e. The van der Waals surface area contributed by atoms with Crippen molar-refractivity contribution in [1.29, 1.82) is 0 Å². The van der Waals surface area contributed by atoms with Crippen LogP contribution in [0.25, 0.3) is 0 Å². The molecule has 1 aliphatic rings. The van der Waals surface area contributed by atoms with E-state index in [1.165, 1.54) is 24.3 Å². The molecule has 0 aliphatic carbocycles. The van der Waals surface area contributed by atoms with Gasteiger partial charge in [0.25, 0.3) is 19.6 Å². The quantitative estimate of drug-likeness (QED) is 0.699. The lowest BCUT2D eigenvalue weighted by Crippen LogP contribution is -2.38. The highest BCUT2D eigenvalue weighted by Gasteiger charge is 2.72. The Labute approximate surface area is 134 Å². The summed E-state index contributed by atoms with van der Waals surface area (Å²) in [6.45, 7) is 0. The van der Waals surface area contributed by atoms with Crippen molar-refractivity contribution in [2.24, 2.45) is 0 Å². The maximum absolute atomic E-state index is 12.2. The van der Waals surface area contributed by atoms with Crippen LogP contribution in [-0.2, 0) is 14.8 Å². The van der Waals surface area contributed by atoms with Gasteiger partial charge in [0.1, 0.15) is 0 Å². The Bertz CT molecular complexity index is 640. The number of anilines is 1. The van der Waals surface area contributed by atoms with E-state index in [1.807, 2.05) is 0 Å². The van der Waals surface area contributed by atoms with Gasteiger partial charge in [-0.2, -0.15) is 0 Å². The molecule has 0 spiro atoms. The fourth-order valence-corrected chi connectivity index (χ4v) is 4.42. The third-order valence-corrected chi connectivity index (χ3v) is 7.75. The lowest BCUT2D eigenvalue weighted by Gasteiger charge is -2.19. The average Bonchev–Trinajstić information content (AvgIpc) is 2.38. The minimum Gasteiger partial charge on any atom is -0.270 e. The predicted octanol–water partition coefficient (Wildman–Crippen LogP) is 3.32. The number of hydrogen-bond acceptors (Lipinski definition) is 3. The van der Waals surface area contributed by atoms with Crippen molar-refractivity contribution >= 4 is 79.6 Å². The van der Waals surface area contributed by atoms with Gasteiger partial charge in [0.05, 0.1) is 5.69 Å². The second-order valence-corrected chi connectivity index (χ2v) is 9.11. The Morgan fingerprint density at radius 2 is 1.47 bits per heavy atom. The topological polar surface area (TPSA) is 54.5 Å². The summed E-state index contributed by atoms with van der Waals surface area (Å²) in [5.41, 5.74) is -0.0109. The molecule has 0 radical (unpaired) electrons. The van der Waals surface area contributed by atoms with Gasteiger partial charge in [-0.3, -0.25) is 4.79 Å². The van der Waals surface area contributed by atoms with Crippen molar-refractivity contribution in [3.05, 3.63) is 29.3 Å². The zero-order valence-corrected chi connectivity index (χ0v) is 13.4. The molecule has 19 heavy (non-hydrogen) atoms. The van der Waals surface area contributed by atoms with Crippen molar-refractivity contribution in [2.45, 2.75) is 8.00 Å². The molecular weight excluding hydrogens is 379 g/mol. The number of carbonyl (C=O) groups excluding carboxylic acids is 1. The second-order valence-electron chi connectivity index (χ2n) is 3.64. The van der Waals surface area contributed by atoms with Gasteiger partial charge in [0.2, 0.25) is 4.33 Å². The van der Waals surface area contributed by atoms with Crippen molar-refractivity contribution in [1.82, 2.24) is 0 Å². The number of sulfonamides is 1. The number of amides is 1. The van der Waals surface area contributed by atoms with E-state index >= 15 is 0 Å². The number of alkyl halides is 4. The first-order valence-corrected chi connectivity index (χ1v) is 7.97. The normalized spacial score (nSPS) is 23.6. The van der Waals surface area contributed by atoms with Crippen LogP contribution in [0.3, 0.4) is 0 Å². The highest BCUT2D eigenvalue weighted by molar-refractivity contribution is 7.98. The molecule has 1 aliphatic heterocycles. The van der Waals surface area contributed by atoms with Crippen molar-refractivity contribution in [2.75, 3.05) is 4.31 Å². The molecular formula is C9H4Cl5NO3S. The van der Waals surface area contributed by atoms with Gasteiger partial charge in [0.15, 0.2) is 0 Å². The van der Waals surface area contributed by atoms with Crippen molar-refractivity contribution in [3.8, 4) is 0 Å². The third-order valence-electron chi connectivity index (χ3n) is 2.44. The fraction of sp³-hybridized carbons (Fsp3) is 0.222. The van der Waals surface area contributed by atoms with Crippen LogP contribution in [0.4, 0.5) is 5.69 Å². The van der Waals surface area contributed by atoms with Crippen LogP contribution in [0.5, 0.6) is 0 Å². The molecule has 10 heteroatoms. The van der Waals surface area contributed by atoms with Crippen LogP contribution in [0, 0.1) is 0 Å². The van der Waals surface area contributed by atoms with Crippen LogP contribution >= 0.6 is 58.0 Å². The molecule has 1 aromatic carbocycles. The van der Waals surface area contributed by atoms with E-state index in [-0.39, 0.29) is 5.69 Å². The number of carbonyl (C=O) groups is 1. The SMILES string of the molecule is O=C1N(c2ccc(Cl)cc2)S(=O)(=O)C(Cl)(Cl)C1(Cl)Cl. The maximum Gasteiger partial charge on any atom is 0.281 e. The van der Waals surface area contributed by atoms with E-state index in [1.54, 1.807) is 0 Å². The Hall–Kier alpha value is 0.0900. The summed E-state index contributed by atoms with van der Waals surface area (Å²) in [5.74, 6) is -1.15. The van der Waals surface area contributed by atoms with Gasteiger partial charge in [0, 0.05) is 5.02 Å². The lowest BCUT2D eigenvalue weighted by atomic mass is 10.3. The summed E-state index contributed by atoms with van der Waals surface area (Å²) in [6, 6.07) is 5.40. The van der Waals surface area contributed by atoms with E-state index in [4.69, 9.17) is 58.0 Å². The molecule has 1 saturated heterocycles. The fourth-order valence-electron chi connectivity index (χ4n) is 1.47. The zero-order valence-electron chi connectivity index (χ0n) is 8.78. The molecule has 104 valence electrons. The Balaban J connectivity index is 2.66. The Morgan fingerprint density at radius 1 is 1.00 bits per heavy atom. The number of hydrogen-bond donors (Lipinski definition) is 0. The Morgan fingerprint density at radius 3 is 1.84 bits per heavy atom. The third kappa shape index (κ3) is 2.03. The molecule has 4 nitrogen and oxygen atoms in total. The Kier molecular flexibility index (Phi) is 3.70. The van der Waals surface area contributed by atoms with Gasteiger partial charge >= 0.3 is 0 Å². The molecule has 1 amide bonds. The van der Waals surface area contributed by atoms with Crippen molar-refractivity contribution in [3.63, 3.8) is 0 Å². The zero-order chi connectivity index (χ0) is 14.6. The number of rotatable bonds is 1. The molecule has 2 rings (SSSR count). The van der Waals surface area contributed by atoms with E-state index in [0.717, 1.165) is 0 Å². The largest absolute Gasteiger partial charge is 0.281 e. The molecule has 1 fully saturated rings. The monoisotopic (exact) mass is 381 g/mol. The standard InChI is InChI=1S/C9H4Cl5NO3S/c10-5-1-3-6(4-2-5)15-7(16)8(11,12)9(13,14)19(15,17)18/h1-4H. The highest BCUT2D eigenvalue weighted by atomic mass is 35.5. The van der Waals surface area contributed by atoms with E-state index in [9.17, 15) is 13.2 Å². The first-order valence-electron chi connectivity index (χ1n) is 4.64. The summed E-state index contributed by atoms with van der Waals surface area (Å²) in [4.78, 5) is 12.0. The summed E-state index contributed by atoms with van der Waals surface area (Å²) in [5, 5.41) is 0.360. The van der Waals surface area contributed by atoms with Gasteiger partial charge in [-0.05, 0) is 24.3 Å². The maximum atomic E-state index is 12.2. The minimum absolute atomic E-state index is 0.0109. The number of nitrogens with zero attached hydrogens (tertiary/aromatic N) is 1. The number of benzene rings is 1. The molecule has 0 N–H and O–H groups in total. The first-order chi connectivity index (χ1) is 8.53. The van der Waals surface area contributed by atoms with Gasteiger partial charge in [-0.25, -0.2) is 12.7 Å². The molecule has 1 aromatic rings. The van der Waals surface area contributed by atoms with Crippen LogP contribution in [-0.4, -0.2) is 22.3 Å². The van der Waals surface area contributed by atoms with Crippen LogP contribution in [0.15, 0.2) is 24.3 Å². The van der Waals surface area contributed by atoms with Crippen LogP contribution < -0.4 is 4.31 Å². The van der Waals surface area contributed by atoms with Crippen molar-refractivity contribution < 1.29 is 13.2 Å². The molecule has 0 aromatic heterocycles. The molecule has 0 unspecified atom stereocenters. The minimum atomic E-state index is -4.48. The lowest BCUT2D eigenvalue weighted by molar-refractivity contribution is -0.117. The van der Waals surface area contributed by atoms with E-state index < -0.39 is 23.9 Å². The van der Waals surface area contributed by atoms with Gasteiger partial charge < -0.3 is 0 Å². The second kappa shape index (κ2) is 4.55. The summed E-state index contributed by atoms with van der Waals surface area (Å²) in [7, 11) is -4.48. The van der Waals surface area contributed by atoms with Gasteiger partial charge in [-0.15, -0.1) is 0 Å². The summed E-state index contributed by atoms with van der Waals surface area (Å²) < 4.78 is 19.5. The molecule has 0 saturated carbocycles. The highest BCUT2D eigenvalue weighted by Crippen LogP contribution is 2.55. The average molecular weight is 383 g/mol. The molecule has 0 atom stereocenters. The van der Waals surface area contributed by atoms with E-state index in [2.05, 4.69) is 0 Å². The number of halogens is 5. The molecule has 0 bridgehead atoms.